The van der Waals surface area contributed by atoms with Gasteiger partial charge in [0.2, 0.25) is 5.78 Å². The van der Waals surface area contributed by atoms with E-state index < -0.39 is 0 Å². The van der Waals surface area contributed by atoms with Crippen LogP contribution in [-0.2, 0) is 0 Å². The molecule has 1 aromatic carbocycles. The maximum atomic E-state index is 12.4. The number of hydrogen-bond acceptors (Lipinski definition) is 3. The number of aryl methyl sites for hydroxylation is 1. The molecule has 0 unspecified atom stereocenters. The van der Waals surface area contributed by atoms with Crippen LogP contribution in [-0.4, -0.2) is 5.78 Å². The van der Waals surface area contributed by atoms with Crippen LogP contribution in [0.2, 0.25) is 0 Å². The van der Waals surface area contributed by atoms with Gasteiger partial charge in [0, 0.05) is 25.3 Å². The SMILES string of the molecule is Cc1c(C(=O)c2cc(Br)cs2)oc2cc(Br)ccc12. The lowest BCUT2D eigenvalue weighted by Gasteiger charge is -1.94. The van der Waals surface area contributed by atoms with Crippen LogP contribution in [0.4, 0.5) is 0 Å². The third-order valence-electron chi connectivity index (χ3n) is 2.90. The fourth-order valence-electron chi connectivity index (χ4n) is 1.96. The molecule has 2 heterocycles. The minimum atomic E-state index is -0.0690. The van der Waals surface area contributed by atoms with E-state index in [1.54, 1.807) is 0 Å². The first-order valence-electron chi connectivity index (χ1n) is 5.53. The summed E-state index contributed by atoms with van der Waals surface area (Å²) in [5.74, 6) is 0.350. The normalized spacial score (nSPS) is 11.1. The Kier molecular flexibility index (Phi) is 3.37. The molecular formula is C14H8Br2O2S. The van der Waals surface area contributed by atoms with Gasteiger partial charge >= 0.3 is 0 Å². The van der Waals surface area contributed by atoms with Gasteiger partial charge in [0.05, 0.1) is 4.88 Å². The number of furan rings is 1. The number of hydrogen-bond donors (Lipinski definition) is 0. The Labute approximate surface area is 130 Å². The molecule has 0 aliphatic rings. The number of benzene rings is 1. The predicted octanol–water partition coefficient (Wildman–Crippen LogP) is 5.56. The topological polar surface area (TPSA) is 30.2 Å². The van der Waals surface area contributed by atoms with Gasteiger partial charge in [0.15, 0.2) is 5.76 Å². The second kappa shape index (κ2) is 4.89. The quantitative estimate of drug-likeness (QED) is 0.528. The predicted molar refractivity (Wildman–Crippen MR) is 84.1 cm³/mol. The summed E-state index contributed by atoms with van der Waals surface area (Å²) in [6, 6.07) is 7.60. The van der Waals surface area contributed by atoms with Crippen LogP contribution >= 0.6 is 43.2 Å². The Morgan fingerprint density at radius 2 is 2.00 bits per heavy atom. The number of carbonyl (C=O) groups excluding carboxylic acids is 1. The third kappa shape index (κ3) is 2.30. The minimum Gasteiger partial charge on any atom is -0.452 e. The van der Waals surface area contributed by atoms with Gasteiger partial charge in [-0.05, 0) is 47.1 Å². The number of thiophene rings is 1. The standard InChI is InChI=1S/C14H8Br2O2S/c1-7-10-3-2-8(15)4-11(10)18-14(7)13(17)12-5-9(16)6-19-12/h2-6H,1H3. The van der Waals surface area contributed by atoms with Crippen LogP contribution < -0.4 is 0 Å². The number of ketones is 1. The highest BCUT2D eigenvalue weighted by Gasteiger charge is 2.20. The molecule has 3 rings (SSSR count). The average Bonchev–Trinajstić information content (AvgIpc) is 2.93. The summed E-state index contributed by atoms with van der Waals surface area (Å²) in [6.45, 7) is 1.91. The molecule has 0 radical (unpaired) electrons. The van der Waals surface area contributed by atoms with Crippen molar-refractivity contribution in [2.45, 2.75) is 6.92 Å². The first kappa shape index (κ1) is 13.1. The molecule has 0 N–H and O–H groups in total. The number of carbonyl (C=O) groups is 1. The van der Waals surface area contributed by atoms with Crippen LogP contribution in [0, 0.1) is 6.92 Å². The first-order valence-corrected chi connectivity index (χ1v) is 8.00. The van der Waals surface area contributed by atoms with Gasteiger partial charge in [0.1, 0.15) is 5.58 Å². The van der Waals surface area contributed by atoms with E-state index in [9.17, 15) is 4.79 Å². The molecule has 0 atom stereocenters. The van der Waals surface area contributed by atoms with Crippen molar-refractivity contribution in [3.8, 4) is 0 Å². The molecule has 0 saturated carbocycles. The second-order valence-corrected chi connectivity index (χ2v) is 6.90. The van der Waals surface area contributed by atoms with Crippen molar-refractivity contribution in [3.63, 3.8) is 0 Å². The molecule has 0 aliphatic carbocycles. The molecular weight excluding hydrogens is 392 g/mol. The van der Waals surface area contributed by atoms with Gasteiger partial charge in [-0.2, -0.15) is 0 Å². The molecule has 0 aliphatic heterocycles. The van der Waals surface area contributed by atoms with Gasteiger partial charge in [-0.25, -0.2) is 0 Å². The Hall–Kier alpha value is -0.910. The van der Waals surface area contributed by atoms with E-state index in [1.165, 1.54) is 11.3 Å². The van der Waals surface area contributed by atoms with Gasteiger partial charge < -0.3 is 4.42 Å². The Morgan fingerprint density at radius 3 is 2.68 bits per heavy atom. The number of rotatable bonds is 2. The highest BCUT2D eigenvalue weighted by Crippen LogP contribution is 2.31. The lowest BCUT2D eigenvalue weighted by Crippen LogP contribution is -1.98. The summed E-state index contributed by atoms with van der Waals surface area (Å²) in [4.78, 5) is 13.1. The van der Waals surface area contributed by atoms with Gasteiger partial charge in [-0.1, -0.05) is 15.9 Å². The van der Waals surface area contributed by atoms with E-state index in [0.29, 0.717) is 10.6 Å². The Bertz CT molecular complexity index is 786. The second-order valence-electron chi connectivity index (χ2n) is 4.15. The van der Waals surface area contributed by atoms with Crippen molar-refractivity contribution >= 4 is 59.9 Å². The lowest BCUT2D eigenvalue weighted by atomic mass is 10.1. The van der Waals surface area contributed by atoms with Crippen molar-refractivity contribution < 1.29 is 9.21 Å². The molecule has 2 aromatic heterocycles. The van der Waals surface area contributed by atoms with Crippen LogP contribution in [0.1, 0.15) is 21.0 Å². The van der Waals surface area contributed by atoms with Crippen LogP contribution in [0.3, 0.4) is 0 Å². The molecule has 19 heavy (non-hydrogen) atoms. The zero-order valence-corrected chi connectivity index (χ0v) is 13.9. The fourth-order valence-corrected chi connectivity index (χ4v) is 3.66. The summed E-state index contributed by atoms with van der Waals surface area (Å²) in [7, 11) is 0. The van der Waals surface area contributed by atoms with Crippen LogP contribution in [0.25, 0.3) is 11.0 Å². The molecule has 0 saturated heterocycles. The van der Waals surface area contributed by atoms with Crippen LogP contribution in [0.15, 0.2) is 43.0 Å². The lowest BCUT2D eigenvalue weighted by molar-refractivity contribution is 0.101. The van der Waals surface area contributed by atoms with Crippen molar-refractivity contribution in [2.24, 2.45) is 0 Å². The molecule has 96 valence electrons. The van der Waals surface area contributed by atoms with Gasteiger partial charge in [-0.3, -0.25) is 4.79 Å². The molecule has 0 bridgehead atoms. The third-order valence-corrected chi connectivity index (χ3v) is 5.08. The summed E-state index contributed by atoms with van der Waals surface area (Å²) in [5.41, 5.74) is 1.61. The van der Waals surface area contributed by atoms with Crippen molar-refractivity contribution in [2.75, 3.05) is 0 Å². The average molecular weight is 400 g/mol. The highest BCUT2D eigenvalue weighted by molar-refractivity contribution is 9.10. The van der Waals surface area contributed by atoms with E-state index in [0.717, 1.165) is 25.5 Å². The highest BCUT2D eigenvalue weighted by atomic mass is 79.9. The zero-order valence-electron chi connectivity index (χ0n) is 9.87. The minimum absolute atomic E-state index is 0.0690. The molecule has 2 nitrogen and oxygen atoms in total. The van der Waals surface area contributed by atoms with E-state index in [1.807, 2.05) is 36.6 Å². The molecule has 0 amide bonds. The van der Waals surface area contributed by atoms with Crippen molar-refractivity contribution in [1.82, 2.24) is 0 Å². The first-order chi connectivity index (χ1) is 9.06. The zero-order chi connectivity index (χ0) is 13.6. The Morgan fingerprint density at radius 1 is 1.21 bits per heavy atom. The van der Waals surface area contributed by atoms with E-state index in [4.69, 9.17) is 4.42 Å². The fraction of sp³-hybridized carbons (Fsp3) is 0.0714. The molecule has 5 heteroatoms. The van der Waals surface area contributed by atoms with Gasteiger partial charge in [-0.15, -0.1) is 11.3 Å². The van der Waals surface area contributed by atoms with Crippen LogP contribution in [0.5, 0.6) is 0 Å². The van der Waals surface area contributed by atoms with E-state index >= 15 is 0 Å². The summed E-state index contributed by atoms with van der Waals surface area (Å²) >= 11 is 8.17. The van der Waals surface area contributed by atoms with E-state index in [2.05, 4.69) is 31.9 Å². The number of fused-ring (bicyclic) bond motifs is 1. The van der Waals surface area contributed by atoms with Crippen molar-refractivity contribution in [3.05, 3.63) is 54.8 Å². The van der Waals surface area contributed by atoms with Crippen molar-refractivity contribution in [1.29, 1.82) is 0 Å². The van der Waals surface area contributed by atoms with Gasteiger partial charge in [0.25, 0.3) is 0 Å². The van der Waals surface area contributed by atoms with E-state index in [-0.39, 0.29) is 5.78 Å². The largest absolute Gasteiger partial charge is 0.452 e. The molecule has 0 spiro atoms. The number of halogens is 2. The monoisotopic (exact) mass is 398 g/mol. The smallest absolute Gasteiger partial charge is 0.238 e. The summed E-state index contributed by atoms with van der Waals surface area (Å²) < 4.78 is 7.57. The Balaban J connectivity index is 2.15. The maximum absolute atomic E-state index is 12.4. The molecule has 3 aromatic rings. The summed E-state index contributed by atoms with van der Waals surface area (Å²) in [5, 5.41) is 2.86. The maximum Gasteiger partial charge on any atom is 0.238 e. The molecule has 0 fully saturated rings. The summed E-state index contributed by atoms with van der Waals surface area (Å²) in [6.07, 6.45) is 0.